The summed E-state index contributed by atoms with van der Waals surface area (Å²) in [5.74, 6) is -4.83. The summed E-state index contributed by atoms with van der Waals surface area (Å²) in [6, 6.07) is 0.966. The highest BCUT2D eigenvalue weighted by Crippen LogP contribution is 2.16. The van der Waals surface area contributed by atoms with E-state index in [0.29, 0.717) is 12.1 Å². The van der Waals surface area contributed by atoms with Crippen LogP contribution >= 0.6 is 0 Å². The normalized spacial score (nSPS) is 12.5. The van der Waals surface area contributed by atoms with Gasteiger partial charge in [0.05, 0.1) is 12.5 Å². The van der Waals surface area contributed by atoms with Crippen LogP contribution in [-0.2, 0) is 11.2 Å². The van der Waals surface area contributed by atoms with E-state index in [4.69, 9.17) is 5.11 Å². The fourth-order valence-electron chi connectivity index (χ4n) is 1.25. The number of aliphatic carboxylic acids is 1. The van der Waals surface area contributed by atoms with Crippen LogP contribution in [0.5, 0.6) is 0 Å². The second-order valence-electron chi connectivity index (χ2n) is 3.31. The Hall–Kier alpha value is -1.56. The predicted octanol–water partition coefficient (Wildman–Crippen LogP) is 1.48. The Bertz CT molecular complexity index is 407. The first-order valence-electron chi connectivity index (χ1n) is 4.43. The predicted molar refractivity (Wildman–Crippen MR) is 48.3 cm³/mol. The minimum atomic E-state index is -1.34. The molecule has 0 saturated heterocycles. The first-order chi connectivity index (χ1) is 7.40. The van der Waals surface area contributed by atoms with Crippen LogP contribution in [0, 0.1) is 17.5 Å². The third kappa shape index (κ3) is 3.23. The van der Waals surface area contributed by atoms with Crippen LogP contribution in [0.2, 0.25) is 0 Å². The smallest absolute Gasteiger partial charge is 0.305 e. The molecule has 3 nitrogen and oxygen atoms in total. The summed E-state index contributed by atoms with van der Waals surface area (Å²) in [5.41, 5.74) is -0.257. The zero-order valence-corrected chi connectivity index (χ0v) is 8.08. The van der Waals surface area contributed by atoms with Crippen LogP contribution < -0.4 is 0 Å². The van der Waals surface area contributed by atoms with Gasteiger partial charge in [-0.15, -0.1) is 0 Å². The van der Waals surface area contributed by atoms with E-state index in [1.165, 1.54) is 0 Å². The fraction of sp³-hybridized carbons (Fsp3) is 0.300. The molecule has 1 aromatic carbocycles. The maximum absolute atomic E-state index is 13.1. The molecular formula is C10H9F3O3. The molecule has 1 unspecified atom stereocenters. The molecule has 0 saturated carbocycles. The summed E-state index contributed by atoms with van der Waals surface area (Å²) >= 11 is 0. The van der Waals surface area contributed by atoms with Crippen LogP contribution in [0.25, 0.3) is 0 Å². The van der Waals surface area contributed by atoms with Crippen molar-refractivity contribution in [3.8, 4) is 0 Å². The van der Waals surface area contributed by atoms with Gasteiger partial charge in [0.15, 0.2) is 11.6 Å². The Kier molecular flexibility index (Phi) is 3.89. The van der Waals surface area contributed by atoms with Crippen molar-refractivity contribution >= 4 is 5.97 Å². The van der Waals surface area contributed by atoms with Gasteiger partial charge in [0.2, 0.25) is 0 Å². The molecular weight excluding hydrogens is 225 g/mol. The van der Waals surface area contributed by atoms with Gasteiger partial charge >= 0.3 is 5.97 Å². The van der Waals surface area contributed by atoms with Crippen molar-refractivity contribution in [2.75, 3.05) is 0 Å². The zero-order chi connectivity index (χ0) is 12.3. The quantitative estimate of drug-likeness (QED) is 0.776. The van der Waals surface area contributed by atoms with Gasteiger partial charge in [0.1, 0.15) is 5.82 Å². The molecule has 0 spiro atoms. The lowest BCUT2D eigenvalue weighted by molar-refractivity contribution is -0.139. The number of hydrogen-bond acceptors (Lipinski definition) is 2. The Balaban J connectivity index is 2.81. The number of hydrogen-bond donors (Lipinski definition) is 2. The minimum Gasteiger partial charge on any atom is -0.481 e. The number of carboxylic acid groups (broad SMARTS) is 1. The number of aliphatic hydroxyl groups excluding tert-OH is 1. The van der Waals surface area contributed by atoms with E-state index in [0.717, 1.165) is 0 Å². The van der Waals surface area contributed by atoms with Gasteiger partial charge in [0.25, 0.3) is 0 Å². The molecule has 2 N–H and O–H groups in total. The minimum absolute atomic E-state index is 0.257. The standard InChI is InChI=1S/C10H9F3O3/c11-7-4-9(13)8(12)2-5(7)1-6(14)3-10(15)16/h2,4,6,14H,1,3H2,(H,15,16). The molecule has 0 aliphatic rings. The summed E-state index contributed by atoms with van der Waals surface area (Å²) in [7, 11) is 0. The molecule has 1 atom stereocenters. The highest BCUT2D eigenvalue weighted by molar-refractivity contribution is 5.67. The summed E-state index contributed by atoms with van der Waals surface area (Å²) in [4.78, 5) is 10.2. The monoisotopic (exact) mass is 234 g/mol. The number of carbonyl (C=O) groups is 1. The lowest BCUT2D eigenvalue weighted by Gasteiger charge is -2.09. The summed E-state index contributed by atoms with van der Waals surface area (Å²) in [6.07, 6.45) is -2.30. The molecule has 0 amide bonds. The Morgan fingerprint density at radius 2 is 1.75 bits per heavy atom. The van der Waals surface area contributed by atoms with Crippen LogP contribution in [0.4, 0.5) is 13.2 Å². The van der Waals surface area contributed by atoms with Gasteiger partial charge in [-0.05, 0) is 11.6 Å². The third-order valence-corrected chi connectivity index (χ3v) is 1.96. The van der Waals surface area contributed by atoms with E-state index < -0.39 is 35.9 Å². The van der Waals surface area contributed by atoms with Crippen LogP contribution in [-0.4, -0.2) is 22.3 Å². The molecule has 0 fully saturated rings. The van der Waals surface area contributed by atoms with E-state index in [1.54, 1.807) is 0 Å². The lowest BCUT2D eigenvalue weighted by atomic mass is 10.0. The van der Waals surface area contributed by atoms with Crippen LogP contribution in [0.15, 0.2) is 12.1 Å². The Morgan fingerprint density at radius 3 is 2.31 bits per heavy atom. The van der Waals surface area contributed by atoms with Gasteiger partial charge in [0, 0.05) is 12.5 Å². The van der Waals surface area contributed by atoms with Crippen molar-refractivity contribution < 1.29 is 28.2 Å². The fourth-order valence-corrected chi connectivity index (χ4v) is 1.25. The van der Waals surface area contributed by atoms with E-state index in [-0.39, 0.29) is 12.0 Å². The topological polar surface area (TPSA) is 57.5 Å². The first-order valence-corrected chi connectivity index (χ1v) is 4.43. The van der Waals surface area contributed by atoms with Gasteiger partial charge in [-0.3, -0.25) is 4.79 Å². The average molecular weight is 234 g/mol. The maximum atomic E-state index is 13.1. The molecule has 0 radical (unpaired) electrons. The van der Waals surface area contributed by atoms with Crippen molar-refractivity contribution in [3.63, 3.8) is 0 Å². The number of rotatable bonds is 4. The molecule has 1 rings (SSSR count). The van der Waals surface area contributed by atoms with E-state index >= 15 is 0 Å². The second-order valence-corrected chi connectivity index (χ2v) is 3.31. The third-order valence-electron chi connectivity index (χ3n) is 1.96. The SMILES string of the molecule is O=C(O)CC(O)Cc1cc(F)c(F)cc1F. The van der Waals surface area contributed by atoms with Crippen LogP contribution in [0.1, 0.15) is 12.0 Å². The van der Waals surface area contributed by atoms with E-state index in [1.807, 2.05) is 0 Å². The van der Waals surface area contributed by atoms with Crippen molar-refractivity contribution in [1.29, 1.82) is 0 Å². The Morgan fingerprint density at radius 1 is 1.19 bits per heavy atom. The molecule has 0 heterocycles. The first kappa shape index (κ1) is 12.5. The number of carboxylic acids is 1. The van der Waals surface area contributed by atoms with E-state index in [9.17, 15) is 23.1 Å². The molecule has 0 aliphatic heterocycles. The molecule has 0 aliphatic carbocycles. The zero-order valence-electron chi connectivity index (χ0n) is 8.08. The van der Waals surface area contributed by atoms with Crippen molar-refractivity contribution in [2.24, 2.45) is 0 Å². The van der Waals surface area contributed by atoms with Gasteiger partial charge in [-0.25, -0.2) is 13.2 Å². The molecule has 0 aromatic heterocycles. The largest absolute Gasteiger partial charge is 0.481 e. The average Bonchev–Trinajstić information content (AvgIpc) is 2.12. The molecule has 0 bridgehead atoms. The van der Waals surface area contributed by atoms with Gasteiger partial charge < -0.3 is 10.2 Å². The second kappa shape index (κ2) is 4.98. The number of halogens is 3. The van der Waals surface area contributed by atoms with Gasteiger partial charge in [-0.2, -0.15) is 0 Å². The molecule has 16 heavy (non-hydrogen) atoms. The highest BCUT2D eigenvalue weighted by atomic mass is 19.2. The highest BCUT2D eigenvalue weighted by Gasteiger charge is 2.15. The lowest BCUT2D eigenvalue weighted by Crippen LogP contribution is -2.16. The molecule has 1 aromatic rings. The Labute approximate surface area is 89.1 Å². The number of benzene rings is 1. The molecule has 6 heteroatoms. The summed E-state index contributed by atoms with van der Waals surface area (Å²) in [5, 5.41) is 17.5. The van der Waals surface area contributed by atoms with E-state index in [2.05, 4.69) is 0 Å². The van der Waals surface area contributed by atoms with Crippen molar-refractivity contribution in [2.45, 2.75) is 18.9 Å². The molecule has 88 valence electrons. The summed E-state index contributed by atoms with van der Waals surface area (Å²) < 4.78 is 38.3. The maximum Gasteiger partial charge on any atom is 0.305 e. The summed E-state index contributed by atoms with van der Waals surface area (Å²) in [6.45, 7) is 0. The van der Waals surface area contributed by atoms with Crippen molar-refractivity contribution in [1.82, 2.24) is 0 Å². The number of aliphatic hydroxyl groups is 1. The van der Waals surface area contributed by atoms with Crippen molar-refractivity contribution in [3.05, 3.63) is 35.1 Å². The van der Waals surface area contributed by atoms with Crippen LogP contribution in [0.3, 0.4) is 0 Å². The van der Waals surface area contributed by atoms with Gasteiger partial charge in [-0.1, -0.05) is 0 Å².